The van der Waals surface area contributed by atoms with Gasteiger partial charge in [-0.3, -0.25) is 14.6 Å². The molecule has 0 radical (unpaired) electrons. The first-order valence-corrected chi connectivity index (χ1v) is 14.3. The van der Waals surface area contributed by atoms with E-state index in [4.69, 9.17) is 4.74 Å². The number of ketones is 1. The Kier molecular flexibility index (Phi) is 17.2. The van der Waals surface area contributed by atoms with E-state index >= 15 is 0 Å². The van der Waals surface area contributed by atoms with Crippen LogP contribution in [0.2, 0.25) is 0 Å². The number of ether oxygens (including phenoxy) is 1. The lowest BCUT2D eigenvalue weighted by Crippen LogP contribution is -2.33. The molecule has 0 fully saturated rings. The highest BCUT2D eigenvalue weighted by atomic mass is 16.5. The van der Waals surface area contributed by atoms with Crippen LogP contribution in [-0.4, -0.2) is 23.0 Å². The fourth-order valence-corrected chi connectivity index (χ4v) is 3.22. The number of nitroso groups, excluding NO2 is 1. The first-order chi connectivity index (χ1) is 19.2. The SMILES string of the molecule is C/C=C(\N=C(C)C(=O)c1ccc(C)cc1)C(C)(C)C.CC/C=C/c1ccc(COC(C)(C)C(=O)N=O)cc1.CCC. The molecule has 0 heterocycles. The number of amides is 1. The van der Waals surface area contributed by atoms with Crippen LogP contribution in [0.1, 0.15) is 109 Å². The molecule has 0 aromatic heterocycles. The Hall–Kier alpha value is -3.51. The smallest absolute Gasteiger partial charge is 0.317 e. The minimum absolute atomic E-state index is 0.0106. The maximum absolute atomic E-state index is 12.3. The third-order valence-corrected chi connectivity index (χ3v) is 5.70. The fourth-order valence-electron chi connectivity index (χ4n) is 3.22. The molecule has 1 amide bonds. The summed E-state index contributed by atoms with van der Waals surface area (Å²) in [6.07, 6.45) is 8.35. The minimum atomic E-state index is -1.18. The Bertz CT molecular complexity index is 1180. The number of benzene rings is 2. The number of nitrogens with zero attached hydrogens (tertiary/aromatic N) is 2. The highest BCUT2D eigenvalue weighted by molar-refractivity contribution is 6.45. The van der Waals surface area contributed by atoms with Crippen molar-refractivity contribution < 1.29 is 14.3 Å². The molecule has 0 N–H and O–H groups in total. The van der Waals surface area contributed by atoms with E-state index < -0.39 is 11.5 Å². The molecule has 224 valence electrons. The van der Waals surface area contributed by atoms with Gasteiger partial charge in [0.15, 0.2) is 0 Å². The van der Waals surface area contributed by atoms with Crippen LogP contribution in [0.5, 0.6) is 0 Å². The highest BCUT2D eigenvalue weighted by Crippen LogP contribution is 2.26. The molecule has 0 saturated carbocycles. The molecule has 0 unspecified atom stereocenters. The first kappa shape index (κ1) is 37.5. The quantitative estimate of drug-likeness (QED) is 0.173. The van der Waals surface area contributed by atoms with Gasteiger partial charge >= 0.3 is 5.91 Å². The third-order valence-electron chi connectivity index (χ3n) is 5.70. The third kappa shape index (κ3) is 14.6. The molecule has 0 spiro atoms. The summed E-state index contributed by atoms with van der Waals surface area (Å²) < 4.78 is 5.43. The van der Waals surface area contributed by atoms with Gasteiger partial charge in [-0.25, -0.2) is 0 Å². The number of aliphatic imine (C=N–C) groups is 1. The van der Waals surface area contributed by atoms with Crippen molar-refractivity contribution in [3.63, 3.8) is 0 Å². The van der Waals surface area contributed by atoms with Gasteiger partial charge in [0, 0.05) is 21.9 Å². The monoisotopic (exact) mass is 562 g/mol. The highest BCUT2D eigenvalue weighted by Gasteiger charge is 2.29. The molecule has 0 aliphatic heterocycles. The van der Waals surface area contributed by atoms with Crippen molar-refractivity contribution in [1.29, 1.82) is 0 Å². The summed E-state index contributed by atoms with van der Waals surface area (Å²) in [5.41, 5.74) is 4.14. The molecular weight excluding hydrogens is 512 g/mol. The zero-order valence-electron chi connectivity index (χ0n) is 27.0. The lowest BCUT2D eigenvalue weighted by molar-refractivity contribution is -0.140. The maximum Gasteiger partial charge on any atom is 0.317 e. The molecule has 2 aromatic rings. The second-order valence-electron chi connectivity index (χ2n) is 11.3. The molecule has 0 aliphatic rings. The Balaban J connectivity index is 0.000000712. The van der Waals surface area contributed by atoms with Gasteiger partial charge in [0.05, 0.1) is 12.3 Å². The van der Waals surface area contributed by atoms with Crippen molar-refractivity contribution in [3.05, 3.63) is 93.5 Å². The predicted molar refractivity (Wildman–Crippen MR) is 173 cm³/mol. The van der Waals surface area contributed by atoms with E-state index in [1.54, 1.807) is 6.92 Å². The summed E-state index contributed by atoms with van der Waals surface area (Å²) in [7, 11) is 0. The van der Waals surface area contributed by atoms with Crippen molar-refractivity contribution in [3.8, 4) is 0 Å². The summed E-state index contributed by atoms with van der Waals surface area (Å²) in [6.45, 7) is 21.7. The molecule has 41 heavy (non-hydrogen) atoms. The van der Waals surface area contributed by atoms with Crippen molar-refractivity contribution in [2.75, 3.05) is 0 Å². The fraction of sp³-hybridized carbons (Fsp3) is 0.457. The van der Waals surface area contributed by atoms with E-state index in [0.717, 1.165) is 28.8 Å². The van der Waals surface area contributed by atoms with Crippen molar-refractivity contribution >= 4 is 23.5 Å². The summed E-state index contributed by atoms with van der Waals surface area (Å²) in [6, 6.07) is 15.4. The molecule has 0 atom stereocenters. The molecular formula is C35H50N2O4. The van der Waals surface area contributed by atoms with Crippen molar-refractivity contribution in [1.82, 2.24) is 0 Å². The van der Waals surface area contributed by atoms with Crippen LogP contribution in [-0.2, 0) is 16.1 Å². The summed E-state index contributed by atoms with van der Waals surface area (Å²) in [5, 5.41) is 2.40. The van der Waals surface area contributed by atoms with E-state index in [1.165, 1.54) is 20.3 Å². The maximum atomic E-state index is 12.3. The Morgan fingerprint density at radius 3 is 1.88 bits per heavy atom. The summed E-state index contributed by atoms with van der Waals surface area (Å²) in [4.78, 5) is 38.2. The molecule has 0 bridgehead atoms. The average molecular weight is 563 g/mol. The number of aryl methyl sites for hydroxylation is 1. The molecule has 0 saturated heterocycles. The summed E-state index contributed by atoms with van der Waals surface area (Å²) >= 11 is 0. The Morgan fingerprint density at radius 2 is 1.44 bits per heavy atom. The summed E-state index contributed by atoms with van der Waals surface area (Å²) in [5.74, 6) is -0.807. The van der Waals surface area contributed by atoms with Crippen molar-refractivity contribution in [2.45, 2.75) is 101 Å². The van der Waals surface area contributed by atoms with Gasteiger partial charge < -0.3 is 4.74 Å². The predicted octanol–water partition coefficient (Wildman–Crippen LogP) is 9.70. The zero-order valence-corrected chi connectivity index (χ0v) is 27.0. The number of carbonyl (C=O) groups is 2. The minimum Gasteiger partial charge on any atom is -0.361 e. The van der Waals surface area contributed by atoms with Crippen LogP contribution in [0.3, 0.4) is 0 Å². The lowest BCUT2D eigenvalue weighted by Gasteiger charge is -2.19. The number of carbonyl (C=O) groups excluding carboxylic acids is 2. The second-order valence-corrected chi connectivity index (χ2v) is 11.3. The molecule has 2 rings (SSSR count). The number of rotatable bonds is 9. The van der Waals surface area contributed by atoms with Gasteiger partial charge in [0.1, 0.15) is 5.60 Å². The molecule has 0 aliphatic carbocycles. The van der Waals surface area contributed by atoms with Crippen LogP contribution in [0, 0.1) is 17.2 Å². The zero-order chi connectivity index (χ0) is 31.6. The van der Waals surface area contributed by atoms with Crippen LogP contribution in [0.25, 0.3) is 6.08 Å². The van der Waals surface area contributed by atoms with E-state index in [9.17, 15) is 14.5 Å². The Labute approximate surface area is 248 Å². The van der Waals surface area contributed by atoms with E-state index in [-0.39, 0.29) is 17.8 Å². The van der Waals surface area contributed by atoms with E-state index in [0.29, 0.717) is 11.3 Å². The number of Topliss-reactive ketones (excluding diaryl/α,β-unsaturated/α-hetero) is 1. The second kappa shape index (κ2) is 18.8. The van der Waals surface area contributed by atoms with Crippen LogP contribution in [0.4, 0.5) is 0 Å². The average Bonchev–Trinajstić information content (AvgIpc) is 2.93. The van der Waals surface area contributed by atoms with E-state index in [1.807, 2.05) is 68.5 Å². The van der Waals surface area contributed by atoms with Crippen LogP contribution < -0.4 is 0 Å². The van der Waals surface area contributed by atoms with E-state index in [2.05, 4.69) is 63.9 Å². The van der Waals surface area contributed by atoms with Gasteiger partial charge in [0.25, 0.3) is 0 Å². The normalized spacial score (nSPS) is 12.2. The van der Waals surface area contributed by atoms with Crippen molar-refractivity contribution in [2.24, 2.45) is 15.6 Å². The topological polar surface area (TPSA) is 85.2 Å². The molecule has 6 nitrogen and oxygen atoms in total. The number of hydrogen-bond acceptors (Lipinski definition) is 5. The first-order valence-electron chi connectivity index (χ1n) is 14.3. The van der Waals surface area contributed by atoms with Gasteiger partial charge in [-0.1, -0.05) is 120 Å². The largest absolute Gasteiger partial charge is 0.361 e. The van der Waals surface area contributed by atoms with Crippen LogP contribution in [0.15, 0.2) is 76.5 Å². The number of allylic oxidation sites excluding steroid dienone is 3. The van der Waals surface area contributed by atoms with Gasteiger partial charge in [-0.2, -0.15) is 0 Å². The Morgan fingerprint density at radius 1 is 0.902 bits per heavy atom. The lowest BCUT2D eigenvalue weighted by atomic mass is 9.92. The van der Waals surface area contributed by atoms with Gasteiger partial charge in [-0.05, 0) is 52.2 Å². The number of hydrogen-bond donors (Lipinski definition) is 0. The van der Waals surface area contributed by atoms with Gasteiger partial charge in [0.2, 0.25) is 5.78 Å². The molecule has 2 aromatic carbocycles. The van der Waals surface area contributed by atoms with Gasteiger partial charge in [-0.15, -0.1) is 4.91 Å². The molecule has 6 heteroatoms. The van der Waals surface area contributed by atoms with Crippen LogP contribution >= 0.6 is 0 Å². The standard InChI is InChI=1S/C17H23NO.C15H19NO3.C3H8/c1-7-15(17(4,5)6)18-13(3)16(19)14-10-8-12(2)9-11-14;1-4-5-6-12-7-9-13(10-8-12)11-19-15(2,3)14(17)16-18;1-3-2/h7-11H,1-6H3;5-10H,4,11H2,1-3H3;3H2,1-2H3/b15-7-,18-13?;6-5+;.